The summed E-state index contributed by atoms with van der Waals surface area (Å²) in [5, 5.41) is 20.7. The average molecular weight is 342 g/mol. The maximum Gasteiger partial charge on any atom is 0.303 e. The van der Waals surface area contributed by atoms with E-state index < -0.39 is 5.97 Å². The molecule has 0 radical (unpaired) electrons. The summed E-state index contributed by atoms with van der Waals surface area (Å²) in [6.07, 6.45) is 4.55. The minimum absolute atomic E-state index is 0.0764. The van der Waals surface area contributed by atoms with Crippen LogP contribution >= 0.6 is 0 Å². The lowest BCUT2D eigenvalue weighted by Gasteiger charge is -2.01. The highest BCUT2D eigenvalue weighted by Gasteiger charge is 2.12. The zero-order valence-electron chi connectivity index (χ0n) is 14.0. The number of pyridine rings is 1. The highest BCUT2D eigenvalue weighted by Crippen LogP contribution is 2.18. The monoisotopic (exact) mass is 342 g/mol. The maximum atomic E-state index is 10.5. The number of carboxylic acids is 1. The van der Waals surface area contributed by atoms with Gasteiger partial charge in [0.1, 0.15) is 12.2 Å². The van der Waals surface area contributed by atoms with Gasteiger partial charge in [0.05, 0.1) is 11.9 Å². The minimum atomic E-state index is -0.838. The predicted molar refractivity (Wildman–Crippen MR) is 86.7 cm³/mol. The number of aliphatic carboxylic acids is 1. The Kier molecular flexibility index (Phi) is 4.82. The molecule has 0 bridgehead atoms. The average Bonchev–Trinajstić information content (AvgIpc) is 3.17. The van der Waals surface area contributed by atoms with Crippen LogP contribution in [0.4, 0.5) is 0 Å². The van der Waals surface area contributed by atoms with Crippen LogP contribution in [0.25, 0.3) is 11.4 Å². The van der Waals surface area contributed by atoms with E-state index >= 15 is 0 Å². The number of carboxylic acid groups (broad SMARTS) is 1. The van der Waals surface area contributed by atoms with E-state index in [2.05, 4.69) is 25.4 Å². The number of aryl methyl sites for hydroxylation is 3. The van der Waals surface area contributed by atoms with Crippen molar-refractivity contribution in [1.29, 1.82) is 0 Å². The molecule has 1 N–H and O–H groups in total. The molecule has 0 aromatic carbocycles. The summed E-state index contributed by atoms with van der Waals surface area (Å²) in [6, 6.07) is 2.05. The van der Waals surface area contributed by atoms with Crippen molar-refractivity contribution >= 4 is 5.97 Å². The van der Waals surface area contributed by atoms with E-state index in [0.29, 0.717) is 36.8 Å². The molecular weight excluding hydrogens is 324 g/mol. The number of hydrogen-bond donors (Lipinski definition) is 1. The topological polar surface area (TPSA) is 120 Å². The van der Waals surface area contributed by atoms with E-state index in [9.17, 15) is 4.79 Å². The maximum absolute atomic E-state index is 10.5. The largest absolute Gasteiger partial charge is 0.481 e. The van der Waals surface area contributed by atoms with Crippen LogP contribution < -0.4 is 0 Å². The van der Waals surface area contributed by atoms with Gasteiger partial charge in [0.15, 0.2) is 5.82 Å². The molecule has 0 amide bonds. The number of rotatable bonds is 7. The Morgan fingerprint density at radius 2 is 2.20 bits per heavy atom. The van der Waals surface area contributed by atoms with Gasteiger partial charge in [-0.2, -0.15) is 4.98 Å². The standard InChI is InChI=1S/C16H18N6O3/c1-10-6-11(2)16(17-7-10)12-8-22(21-19-12)9-13-18-14(25-20-13)4-3-5-15(23)24/h6-8H,3-5,9H2,1-2H3,(H,23,24). The Morgan fingerprint density at radius 3 is 2.96 bits per heavy atom. The van der Waals surface area contributed by atoms with Crippen LogP contribution in [0.1, 0.15) is 35.7 Å². The minimum Gasteiger partial charge on any atom is -0.481 e. The summed E-state index contributed by atoms with van der Waals surface area (Å²) >= 11 is 0. The molecule has 0 spiro atoms. The number of hydrogen-bond acceptors (Lipinski definition) is 7. The van der Waals surface area contributed by atoms with Crippen molar-refractivity contribution in [2.75, 3.05) is 0 Å². The Bertz CT molecular complexity index is 886. The molecule has 9 heteroatoms. The molecule has 3 heterocycles. The summed E-state index contributed by atoms with van der Waals surface area (Å²) in [6.45, 7) is 4.29. The van der Waals surface area contributed by atoms with Crippen LogP contribution in [0.2, 0.25) is 0 Å². The summed E-state index contributed by atoms with van der Waals surface area (Å²) in [4.78, 5) is 19.2. The fourth-order valence-corrected chi connectivity index (χ4v) is 2.46. The lowest BCUT2D eigenvalue weighted by molar-refractivity contribution is -0.137. The third-order valence-corrected chi connectivity index (χ3v) is 3.59. The summed E-state index contributed by atoms with van der Waals surface area (Å²) in [7, 11) is 0. The number of nitrogens with zero attached hydrogens (tertiary/aromatic N) is 6. The Balaban J connectivity index is 1.65. The van der Waals surface area contributed by atoms with E-state index in [1.165, 1.54) is 0 Å². The van der Waals surface area contributed by atoms with Crippen LogP contribution in [-0.2, 0) is 17.8 Å². The lowest BCUT2D eigenvalue weighted by Crippen LogP contribution is -2.02. The van der Waals surface area contributed by atoms with E-state index in [0.717, 1.165) is 16.8 Å². The molecule has 9 nitrogen and oxygen atoms in total. The van der Waals surface area contributed by atoms with Gasteiger partial charge in [-0.25, -0.2) is 4.68 Å². The van der Waals surface area contributed by atoms with E-state index in [1.807, 2.05) is 19.9 Å². The Hall–Kier alpha value is -3.10. The number of aromatic nitrogens is 6. The zero-order chi connectivity index (χ0) is 17.8. The highest BCUT2D eigenvalue weighted by molar-refractivity contribution is 5.66. The second-order valence-electron chi connectivity index (χ2n) is 5.83. The van der Waals surface area contributed by atoms with Crippen LogP contribution in [0, 0.1) is 13.8 Å². The predicted octanol–water partition coefficient (Wildman–Crippen LogP) is 1.80. The Labute approximate surface area is 143 Å². The SMILES string of the molecule is Cc1cnc(-c2cn(Cc3noc(CCCC(=O)O)n3)nn2)c(C)c1. The van der Waals surface area contributed by atoms with Crippen LogP contribution in [0.3, 0.4) is 0 Å². The number of carbonyl (C=O) groups is 1. The van der Waals surface area contributed by atoms with Crippen molar-refractivity contribution in [3.8, 4) is 11.4 Å². The van der Waals surface area contributed by atoms with Gasteiger partial charge < -0.3 is 9.63 Å². The molecule has 0 saturated heterocycles. The molecule has 130 valence electrons. The van der Waals surface area contributed by atoms with Crippen molar-refractivity contribution in [3.63, 3.8) is 0 Å². The molecule has 0 unspecified atom stereocenters. The first-order valence-corrected chi connectivity index (χ1v) is 7.88. The molecule has 0 saturated carbocycles. The second-order valence-corrected chi connectivity index (χ2v) is 5.83. The molecule has 3 rings (SSSR count). The van der Waals surface area contributed by atoms with Crippen molar-refractivity contribution < 1.29 is 14.4 Å². The normalized spacial score (nSPS) is 11.0. The van der Waals surface area contributed by atoms with Gasteiger partial charge in [-0.1, -0.05) is 16.4 Å². The molecule has 0 atom stereocenters. The van der Waals surface area contributed by atoms with Gasteiger partial charge in [0.25, 0.3) is 0 Å². The van der Waals surface area contributed by atoms with Crippen molar-refractivity contribution in [2.45, 2.75) is 39.7 Å². The molecule has 25 heavy (non-hydrogen) atoms. The van der Waals surface area contributed by atoms with Gasteiger partial charge in [-0.15, -0.1) is 5.10 Å². The zero-order valence-corrected chi connectivity index (χ0v) is 14.0. The fourth-order valence-electron chi connectivity index (χ4n) is 2.46. The summed E-state index contributed by atoms with van der Waals surface area (Å²) in [5.41, 5.74) is 3.60. The van der Waals surface area contributed by atoms with Gasteiger partial charge in [0, 0.05) is 19.0 Å². The molecule has 0 fully saturated rings. The molecule has 0 aliphatic carbocycles. The van der Waals surface area contributed by atoms with Gasteiger partial charge in [-0.05, 0) is 31.4 Å². The van der Waals surface area contributed by atoms with E-state index in [4.69, 9.17) is 9.63 Å². The van der Waals surface area contributed by atoms with Crippen LogP contribution in [-0.4, -0.2) is 41.2 Å². The second kappa shape index (κ2) is 7.20. The summed E-state index contributed by atoms with van der Waals surface area (Å²) in [5.74, 6) is 0.0536. The molecule has 3 aromatic rings. The van der Waals surface area contributed by atoms with E-state index in [-0.39, 0.29) is 6.42 Å². The van der Waals surface area contributed by atoms with E-state index in [1.54, 1.807) is 17.1 Å². The third kappa shape index (κ3) is 4.25. The quantitative estimate of drug-likeness (QED) is 0.690. The van der Waals surface area contributed by atoms with Gasteiger partial charge >= 0.3 is 5.97 Å². The third-order valence-electron chi connectivity index (χ3n) is 3.59. The smallest absolute Gasteiger partial charge is 0.303 e. The van der Waals surface area contributed by atoms with Gasteiger partial charge in [0.2, 0.25) is 5.89 Å². The first-order valence-electron chi connectivity index (χ1n) is 7.88. The molecular formula is C16H18N6O3. The fraction of sp³-hybridized carbons (Fsp3) is 0.375. The van der Waals surface area contributed by atoms with Crippen molar-refractivity contribution in [1.82, 2.24) is 30.1 Å². The highest BCUT2D eigenvalue weighted by atomic mass is 16.5. The Morgan fingerprint density at radius 1 is 1.36 bits per heavy atom. The van der Waals surface area contributed by atoms with Crippen molar-refractivity contribution in [3.05, 3.63) is 41.3 Å². The first-order chi connectivity index (χ1) is 12.0. The molecule has 0 aliphatic rings. The van der Waals surface area contributed by atoms with Crippen LogP contribution in [0.15, 0.2) is 23.0 Å². The van der Waals surface area contributed by atoms with Gasteiger partial charge in [-0.3, -0.25) is 9.78 Å². The summed E-state index contributed by atoms with van der Waals surface area (Å²) < 4.78 is 6.73. The van der Waals surface area contributed by atoms with Crippen molar-refractivity contribution in [2.24, 2.45) is 0 Å². The molecule has 0 aliphatic heterocycles. The molecule has 3 aromatic heterocycles. The first kappa shape index (κ1) is 16.7. The van der Waals surface area contributed by atoms with Crippen LogP contribution in [0.5, 0.6) is 0 Å². The lowest BCUT2D eigenvalue weighted by atomic mass is 10.1.